The third kappa shape index (κ3) is 2.46. The molecule has 1 aliphatic carbocycles. The van der Waals surface area contributed by atoms with Gasteiger partial charge in [0.2, 0.25) is 0 Å². The van der Waals surface area contributed by atoms with Gasteiger partial charge in [0, 0.05) is 12.7 Å². The zero-order valence-electron chi connectivity index (χ0n) is 12.3. The molecule has 18 heavy (non-hydrogen) atoms. The summed E-state index contributed by atoms with van der Waals surface area (Å²) >= 11 is 0. The third-order valence-corrected chi connectivity index (χ3v) is 3.99. The molecule has 1 aromatic rings. The fraction of sp³-hybridized carbons (Fsp3) is 0.800. The van der Waals surface area contributed by atoms with E-state index < -0.39 is 5.60 Å². The van der Waals surface area contributed by atoms with Crippen LogP contribution in [0.3, 0.4) is 0 Å². The lowest BCUT2D eigenvalue weighted by atomic mass is 9.59. The molecule has 2 rings (SSSR count). The third-order valence-electron chi connectivity index (χ3n) is 3.99. The Morgan fingerprint density at radius 2 is 1.72 bits per heavy atom. The highest BCUT2D eigenvalue weighted by Crippen LogP contribution is 2.53. The van der Waals surface area contributed by atoms with E-state index in [0.29, 0.717) is 0 Å². The van der Waals surface area contributed by atoms with E-state index in [1.807, 2.05) is 10.7 Å². The van der Waals surface area contributed by atoms with Crippen LogP contribution in [0.2, 0.25) is 0 Å². The summed E-state index contributed by atoms with van der Waals surface area (Å²) in [5.74, 6) is 0. The molecule has 3 nitrogen and oxygen atoms in total. The van der Waals surface area contributed by atoms with Gasteiger partial charge in [-0.1, -0.05) is 27.7 Å². The first-order valence-electron chi connectivity index (χ1n) is 6.92. The minimum absolute atomic E-state index is 0.166. The number of hydrogen-bond acceptors (Lipinski definition) is 2. The largest absolute Gasteiger partial charge is 0.384 e. The predicted octanol–water partition coefficient (Wildman–Crippen LogP) is 3.33. The smallest absolute Gasteiger partial charge is 0.107 e. The Kier molecular flexibility index (Phi) is 3.09. The first-order valence-corrected chi connectivity index (χ1v) is 6.92. The Bertz CT molecular complexity index is 415. The monoisotopic (exact) mass is 250 g/mol. The second-order valence-electron chi connectivity index (χ2n) is 7.42. The van der Waals surface area contributed by atoms with Crippen LogP contribution in [-0.4, -0.2) is 14.9 Å². The molecule has 1 N–H and O–H groups in total. The van der Waals surface area contributed by atoms with Gasteiger partial charge in [-0.3, -0.25) is 4.68 Å². The molecule has 0 spiro atoms. The molecule has 1 heterocycles. The number of nitrogens with zero attached hydrogens (tertiary/aromatic N) is 2. The summed E-state index contributed by atoms with van der Waals surface area (Å²) in [6.45, 7) is 11.9. The van der Waals surface area contributed by atoms with Crippen LogP contribution in [0.1, 0.15) is 59.6 Å². The number of hydrogen-bond donors (Lipinski definition) is 1. The normalized spacial score (nSPS) is 25.0. The molecule has 0 aromatic carbocycles. The average molecular weight is 250 g/mol. The van der Waals surface area contributed by atoms with Crippen molar-refractivity contribution in [1.82, 2.24) is 9.78 Å². The second-order valence-corrected chi connectivity index (χ2v) is 7.42. The zero-order valence-corrected chi connectivity index (χ0v) is 12.3. The molecule has 0 aliphatic heterocycles. The quantitative estimate of drug-likeness (QED) is 0.874. The summed E-state index contributed by atoms with van der Waals surface area (Å²) in [6, 6.07) is 1.97. The first-order chi connectivity index (χ1) is 8.18. The Balaban J connectivity index is 2.41. The summed E-state index contributed by atoms with van der Waals surface area (Å²) in [5, 5.41) is 15.5. The summed E-state index contributed by atoms with van der Waals surface area (Å²) in [5.41, 5.74) is 0.571. The first kappa shape index (κ1) is 13.6. The van der Waals surface area contributed by atoms with Crippen molar-refractivity contribution in [3.05, 3.63) is 18.0 Å². The summed E-state index contributed by atoms with van der Waals surface area (Å²) in [7, 11) is 0. The highest BCUT2D eigenvalue weighted by atomic mass is 16.3. The maximum Gasteiger partial charge on any atom is 0.107 e. The van der Waals surface area contributed by atoms with E-state index >= 15 is 0 Å². The predicted molar refractivity (Wildman–Crippen MR) is 73.2 cm³/mol. The van der Waals surface area contributed by atoms with Crippen molar-refractivity contribution in [2.24, 2.45) is 10.8 Å². The van der Waals surface area contributed by atoms with Crippen molar-refractivity contribution < 1.29 is 5.11 Å². The van der Waals surface area contributed by atoms with E-state index in [1.54, 1.807) is 6.20 Å². The standard InChI is InChI=1S/C15H26N2O/c1-6-17-12(7-8-16-17)15(18)10-13(2,3)9-14(4,5)11-15/h7-8,18H,6,9-11H2,1-5H3. The Morgan fingerprint density at radius 1 is 1.17 bits per heavy atom. The van der Waals surface area contributed by atoms with Gasteiger partial charge in [-0.05, 0) is 43.1 Å². The topological polar surface area (TPSA) is 38.0 Å². The van der Waals surface area contributed by atoms with Crippen molar-refractivity contribution in [2.45, 2.75) is 66.0 Å². The minimum atomic E-state index is -0.738. The molecular weight excluding hydrogens is 224 g/mol. The Labute approximate surface area is 110 Å². The summed E-state index contributed by atoms with van der Waals surface area (Å²) in [6.07, 6.45) is 4.58. The van der Waals surface area contributed by atoms with Gasteiger partial charge < -0.3 is 5.11 Å². The number of aryl methyl sites for hydroxylation is 1. The van der Waals surface area contributed by atoms with Gasteiger partial charge in [-0.15, -0.1) is 0 Å². The maximum absolute atomic E-state index is 11.2. The van der Waals surface area contributed by atoms with Crippen LogP contribution in [0, 0.1) is 10.8 Å². The number of aliphatic hydroxyl groups is 1. The number of aromatic nitrogens is 2. The molecular formula is C15H26N2O. The number of rotatable bonds is 2. The van der Waals surface area contributed by atoms with E-state index in [-0.39, 0.29) is 10.8 Å². The van der Waals surface area contributed by atoms with Crippen molar-refractivity contribution in [3.63, 3.8) is 0 Å². The molecule has 0 bridgehead atoms. The van der Waals surface area contributed by atoms with E-state index in [9.17, 15) is 5.11 Å². The molecule has 1 aliphatic rings. The SMILES string of the molecule is CCn1nccc1C1(O)CC(C)(C)CC(C)(C)C1. The highest BCUT2D eigenvalue weighted by molar-refractivity contribution is 5.16. The zero-order chi connectivity index (χ0) is 13.6. The van der Waals surface area contributed by atoms with Gasteiger partial charge in [-0.2, -0.15) is 5.10 Å². The van der Waals surface area contributed by atoms with Crippen LogP contribution in [0.5, 0.6) is 0 Å². The van der Waals surface area contributed by atoms with Gasteiger partial charge in [0.1, 0.15) is 5.60 Å². The Hall–Kier alpha value is -0.830. The van der Waals surface area contributed by atoms with Crippen LogP contribution in [0.15, 0.2) is 12.3 Å². The van der Waals surface area contributed by atoms with E-state index in [0.717, 1.165) is 31.5 Å². The molecule has 3 heteroatoms. The Morgan fingerprint density at radius 3 is 2.22 bits per heavy atom. The van der Waals surface area contributed by atoms with Crippen LogP contribution in [0.25, 0.3) is 0 Å². The molecule has 1 saturated carbocycles. The van der Waals surface area contributed by atoms with E-state index in [2.05, 4.69) is 39.7 Å². The minimum Gasteiger partial charge on any atom is -0.384 e. The highest BCUT2D eigenvalue weighted by Gasteiger charge is 2.48. The van der Waals surface area contributed by atoms with Crippen molar-refractivity contribution >= 4 is 0 Å². The second kappa shape index (κ2) is 4.09. The molecule has 1 fully saturated rings. The van der Waals surface area contributed by atoms with Crippen molar-refractivity contribution in [2.75, 3.05) is 0 Å². The van der Waals surface area contributed by atoms with Gasteiger partial charge in [0.15, 0.2) is 0 Å². The van der Waals surface area contributed by atoms with Crippen LogP contribution < -0.4 is 0 Å². The fourth-order valence-electron chi connectivity index (χ4n) is 4.23. The van der Waals surface area contributed by atoms with Gasteiger partial charge >= 0.3 is 0 Å². The lowest BCUT2D eigenvalue weighted by molar-refractivity contribution is -0.0963. The lowest BCUT2D eigenvalue weighted by Gasteiger charge is -2.49. The molecule has 1 aromatic heterocycles. The molecule has 102 valence electrons. The molecule has 0 radical (unpaired) electrons. The van der Waals surface area contributed by atoms with E-state index in [1.165, 1.54) is 0 Å². The summed E-state index contributed by atoms with van der Waals surface area (Å²) < 4.78 is 1.93. The van der Waals surface area contributed by atoms with E-state index in [4.69, 9.17) is 0 Å². The van der Waals surface area contributed by atoms with Crippen molar-refractivity contribution in [1.29, 1.82) is 0 Å². The van der Waals surface area contributed by atoms with Crippen LogP contribution in [0.4, 0.5) is 0 Å². The van der Waals surface area contributed by atoms with Gasteiger partial charge in [-0.25, -0.2) is 0 Å². The fourth-order valence-corrected chi connectivity index (χ4v) is 4.23. The lowest BCUT2D eigenvalue weighted by Crippen LogP contribution is -2.45. The molecule has 0 amide bonds. The molecule has 0 saturated heterocycles. The van der Waals surface area contributed by atoms with Crippen LogP contribution in [-0.2, 0) is 12.1 Å². The van der Waals surface area contributed by atoms with Gasteiger partial charge in [0.05, 0.1) is 5.69 Å². The molecule has 0 unspecified atom stereocenters. The average Bonchev–Trinajstić information content (AvgIpc) is 2.59. The van der Waals surface area contributed by atoms with Crippen molar-refractivity contribution in [3.8, 4) is 0 Å². The maximum atomic E-state index is 11.2. The molecule has 0 atom stereocenters. The summed E-state index contributed by atoms with van der Waals surface area (Å²) in [4.78, 5) is 0. The van der Waals surface area contributed by atoms with Crippen LogP contribution >= 0.6 is 0 Å². The van der Waals surface area contributed by atoms with Gasteiger partial charge in [0.25, 0.3) is 0 Å².